The molecule has 0 aliphatic rings. The topological polar surface area (TPSA) is 31.2 Å². The van der Waals surface area contributed by atoms with Crippen LogP contribution in [0.4, 0.5) is 0 Å². The van der Waals surface area contributed by atoms with Crippen LogP contribution in [0.5, 0.6) is 0 Å². The summed E-state index contributed by atoms with van der Waals surface area (Å²) in [5.41, 5.74) is 0.882. The molecule has 0 spiro atoms. The summed E-state index contributed by atoms with van der Waals surface area (Å²) in [6, 6.07) is 3.73. The molecule has 0 unspecified atom stereocenters. The van der Waals surface area contributed by atoms with Crippen LogP contribution in [0.2, 0.25) is 0 Å². The molecule has 0 saturated carbocycles. The van der Waals surface area contributed by atoms with Crippen LogP contribution in [0.25, 0.3) is 0 Å². The van der Waals surface area contributed by atoms with Gasteiger partial charge in [-0.1, -0.05) is 13.8 Å². The maximum atomic E-state index is 10.7. The van der Waals surface area contributed by atoms with E-state index in [1.807, 2.05) is 22.9 Å². The Morgan fingerprint density at radius 1 is 1.53 bits per heavy atom. The number of aldehydes is 1. The van der Waals surface area contributed by atoms with Gasteiger partial charge in [0, 0.05) is 26.5 Å². The van der Waals surface area contributed by atoms with Crippen molar-refractivity contribution in [3.8, 4) is 0 Å². The maximum Gasteiger partial charge on any atom is 0.166 e. The van der Waals surface area contributed by atoms with Gasteiger partial charge in [0.15, 0.2) is 6.29 Å². The molecule has 0 atom stereocenters. The Balaban J connectivity index is 2.63. The van der Waals surface area contributed by atoms with Crippen molar-refractivity contribution in [1.82, 2.24) is 4.57 Å². The van der Waals surface area contributed by atoms with Gasteiger partial charge >= 0.3 is 0 Å². The molecule has 1 aromatic heterocycles. The Kier molecular flexibility index (Phi) is 4.09. The van der Waals surface area contributed by atoms with Gasteiger partial charge in [0.2, 0.25) is 0 Å². The quantitative estimate of drug-likeness (QED) is 0.673. The summed E-state index contributed by atoms with van der Waals surface area (Å²) in [5.74, 6) is 0. The number of nitrogens with zero attached hydrogens (tertiary/aromatic N) is 1. The van der Waals surface area contributed by atoms with E-state index in [0.29, 0.717) is 0 Å². The third-order valence-corrected chi connectivity index (χ3v) is 2.57. The summed E-state index contributed by atoms with van der Waals surface area (Å²) in [7, 11) is 1.71. The average molecular weight is 209 g/mol. The molecule has 3 heteroatoms. The molecule has 3 nitrogen and oxygen atoms in total. The van der Waals surface area contributed by atoms with E-state index in [1.165, 1.54) is 0 Å². The molecule has 1 rings (SSSR count). The van der Waals surface area contributed by atoms with Crippen LogP contribution in [-0.4, -0.2) is 24.6 Å². The van der Waals surface area contributed by atoms with E-state index in [-0.39, 0.29) is 5.41 Å². The predicted octanol–water partition coefficient (Wildman–Crippen LogP) is 2.36. The number of carbonyl (C=O) groups is 1. The van der Waals surface area contributed by atoms with Crippen molar-refractivity contribution >= 4 is 6.29 Å². The van der Waals surface area contributed by atoms with Crippen LogP contribution in [-0.2, 0) is 11.3 Å². The van der Waals surface area contributed by atoms with Gasteiger partial charge in [0.1, 0.15) is 0 Å². The van der Waals surface area contributed by atoms with Crippen molar-refractivity contribution in [2.24, 2.45) is 5.41 Å². The number of hydrogen-bond acceptors (Lipinski definition) is 2. The Morgan fingerprint density at radius 2 is 2.27 bits per heavy atom. The SMILES string of the molecule is COCCC(C)(C)Cn1cccc1C=O. The predicted molar refractivity (Wildman–Crippen MR) is 60.1 cm³/mol. The summed E-state index contributed by atoms with van der Waals surface area (Å²) >= 11 is 0. The van der Waals surface area contributed by atoms with Gasteiger partial charge in [-0.15, -0.1) is 0 Å². The second kappa shape index (κ2) is 5.12. The minimum absolute atomic E-state index is 0.146. The van der Waals surface area contributed by atoms with Crippen molar-refractivity contribution in [2.75, 3.05) is 13.7 Å². The molecular weight excluding hydrogens is 190 g/mol. The van der Waals surface area contributed by atoms with E-state index in [0.717, 1.165) is 31.6 Å². The summed E-state index contributed by atoms with van der Waals surface area (Å²) < 4.78 is 7.06. The van der Waals surface area contributed by atoms with Crippen LogP contribution >= 0.6 is 0 Å². The Morgan fingerprint density at radius 3 is 2.87 bits per heavy atom. The molecule has 0 aromatic carbocycles. The molecule has 0 saturated heterocycles. The van der Waals surface area contributed by atoms with Crippen molar-refractivity contribution < 1.29 is 9.53 Å². The first-order valence-corrected chi connectivity index (χ1v) is 5.18. The molecule has 0 radical (unpaired) electrons. The van der Waals surface area contributed by atoms with Crippen molar-refractivity contribution in [3.05, 3.63) is 24.0 Å². The first kappa shape index (κ1) is 12.0. The first-order chi connectivity index (χ1) is 7.09. The second-order valence-corrected chi connectivity index (χ2v) is 4.59. The normalized spacial score (nSPS) is 11.7. The largest absolute Gasteiger partial charge is 0.385 e. The Labute approximate surface area is 91.0 Å². The third-order valence-electron chi connectivity index (χ3n) is 2.57. The second-order valence-electron chi connectivity index (χ2n) is 4.59. The van der Waals surface area contributed by atoms with Gasteiger partial charge < -0.3 is 9.30 Å². The summed E-state index contributed by atoms with van der Waals surface area (Å²) in [5, 5.41) is 0. The highest BCUT2D eigenvalue weighted by Gasteiger charge is 2.18. The van der Waals surface area contributed by atoms with Crippen LogP contribution < -0.4 is 0 Å². The molecule has 1 heterocycles. The molecule has 0 fully saturated rings. The molecule has 0 aliphatic heterocycles. The van der Waals surface area contributed by atoms with Crippen molar-refractivity contribution in [3.63, 3.8) is 0 Å². The van der Waals surface area contributed by atoms with Gasteiger partial charge in [0.25, 0.3) is 0 Å². The lowest BCUT2D eigenvalue weighted by molar-refractivity contribution is 0.110. The first-order valence-electron chi connectivity index (χ1n) is 5.18. The standard InChI is InChI=1S/C12H19NO2/c1-12(2,6-8-15-3)10-13-7-4-5-11(13)9-14/h4-5,7,9H,6,8,10H2,1-3H3. The zero-order chi connectivity index (χ0) is 11.3. The minimum Gasteiger partial charge on any atom is -0.385 e. The fourth-order valence-electron chi connectivity index (χ4n) is 1.60. The van der Waals surface area contributed by atoms with E-state index in [9.17, 15) is 4.79 Å². The molecule has 0 N–H and O–H groups in total. The number of ether oxygens (including phenoxy) is 1. The van der Waals surface area contributed by atoms with E-state index in [4.69, 9.17) is 4.74 Å². The number of methoxy groups -OCH3 is 1. The van der Waals surface area contributed by atoms with Crippen LogP contribution in [0.15, 0.2) is 18.3 Å². The summed E-state index contributed by atoms with van der Waals surface area (Å²) in [6.45, 7) is 5.96. The van der Waals surface area contributed by atoms with E-state index in [1.54, 1.807) is 7.11 Å². The Hall–Kier alpha value is -1.09. The molecule has 15 heavy (non-hydrogen) atoms. The van der Waals surface area contributed by atoms with E-state index in [2.05, 4.69) is 13.8 Å². The molecule has 0 amide bonds. The smallest absolute Gasteiger partial charge is 0.166 e. The lowest BCUT2D eigenvalue weighted by Gasteiger charge is -2.25. The number of rotatable bonds is 6. The lowest BCUT2D eigenvalue weighted by Crippen LogP contribution is -2.22. The zero-order valence-electron chi connectivity index (χ0n) is 9.69. The van der Waals surface area contributed by atoms with Crippen LogP contribution in [0.1, 0.15) is 30.8 Å². The molecule has 84 valence electrons. The molecule has 0 aliphatic carbocycles. The monoisotopic (exact) mass is 209 g/mol. The summed E-state index contributed by atoms with van der Waals surface area (Å²) in [4.78, 5) is 10.7. The lowest BCUT2D eigenvalue weighted by atomic mass is 9.89. The van der Waals surface area contributed by atoms with Crippen LogP contribution in [0, 0.1) is 5.41 Å². The van der Waals surface area contributed by atoms with Crippen LogP contribution in [0.3, 0.4) is 0 Å². The van der Waals surface area contributed by atoms with Gasteiger partial charge in [-0.25, -0.2) is 0 Å². The number of hydrogen-bond donors (Lipinski definition) is 0. The molecule has 0 bridgehead atoms. The van der Waals surface area contributed by atoms with Crippen molar-refractivity contribution in [2.45, 2.75) is 26.8 Å². The fourth-order valence-corrected chi connectivity index (χ4v) is 1.60. The Bertz CT molecular complexity index is 315. The number of carbonyl (C=O) groups excluding carboxylic acids is 1. The van der Waals surface area contributed by atoms with Gasteiger partial charge in [0.05, 0.1) is 5.69 Å². The maximum absolute atomic E-state index is 10.7. The zero-order valence-corrected chi connectivity index (χ0v) is 9.69. The molecule has 1 aromatic rings. The van der Waals surface area contributed by atoms with Gasteiger partial charge in [-0.3, -0.25) is 4.79 Å². The highest BCUT2D eigenvalue weighted by molar-refractivity contribution is 5.72. The van der Waals surface area contributed by atoms with Gasteiger partial charge in [-0.05, 0) is 24.0 Å². The van der Waals surface area contributed by atoms with Crippen molar-refractivity contribution in [1.29, 1.82) is 0 Å². The highest BCUT2D eigenvalue weighted by Crippen LogP contribution is 2.23. The van der Waals surface area contributed by atoms with E-state index >= 15 is 0 Å². The minimum atomic E-state index is 0.146. The third kappa shape index (κ3) is 3.51. The van der Waals surface area contributed by atoms with E-state index < -0.39 is 0 Å². The fraction of sp³-hybridized carbons (Fsp3) is 0.583. The highest BCUT2D eigenvalue weighted by atomic mass is 16.5. The summed E-state index contributed by atoms with van der Waals surface area (Å²) in [6.07, 6.45) is 3.82. The molecular formula is C12H19NO2. The average Bonchev–Trinajstić information content (AvgIpc) is 2.61. The number of aromatic nitrogens is 1. The van der Waals surface area contributed by atoms with Gasteiger partial charge in [-0.2, -0.15) is 0 Å².